The first-order valence-electron chi connectivity index (χ1n) is 40.0. The number of allylic oxidation sites excluding steroid dienone is 29. The Bertz CT molecular complexity index is 2430. The smallest absolute Gasteiger partial charge is 0.220 e. The average Bonchev–Trinajstić information content (AvgIpc) is 0.790. The van der Waals surface area contributed by atoms with Crippen LogP contribution in [0.2, 0.25) is 0 Å². The third-order valence-electron chi connectivity index (χ3n) is 18.1. The highest BCUT2D eigenvalue weighted by Crippen LogP contribution is 2.30. The van der Waals surface area contributed by atoms with Gasteiger partial charge in [0.1, 0.15) is 48.8 Å². The quantitative estimate of drug-likeness (QED) is 0.0204. The molecule has 2 fully saturated rings. The summed E-state index contributed by atoms with van der Waals surface area (Å²) in [5, 5.41) is 87.6. The van der Waals surface area contributed by atoms with Gasteiger partial charge >= 0.3 is 0 Å². The van der Waals surface area contributed by atoms with Crippen molar-refractivity contribution in [1.82, 2.24) is 5.32 Å². The fourth-order valence-electron chi connectivity index (χ4n) is 11.8. The summed E-state index contributed by atoms with van der Waals surface area (Å²) in [7, 11) is 0. The zero-order valence-electron chi connectivity index (χ0n) is 63.3. The number of rotatable bonds is 64. The van der Waals surface area contributed by atoms with Gasteiger partial charge in [0.15, 0.2) is 12.6 Å². The molecule has 0 saturated carbocycles. The van der Waals surface area contributed by atoms with E-state index in [-0.39, 0.29) is 18.9 Å². The minimum atomic E-state index is -1.81. The van der Waals surface area contributed by atoms with Gasteiger partial charge in [-0.15, -0.1) is 0 Å². The van der Waals surface area contributed by atoms with Gasteiger partial charge in [0.05, 0.1) is 32.0 Å². The van der Waals surface area contributed by atoms with Crippen molar-refractivity contribution >= 4 is 5.91 Å². The molecule has 12 unspecified atom stereocenters. The monoisotopic (exact) mass is 1420 g/mol. The van der Waals surface area contributed by atoms with E-state index >= 15 is 0 Å². The van der Waals surface area contributed by atoms with Crippen LogP contribution < -0.4 is 5.32 Å². The summed E-state index contributed by atoms with van der Waals surface area (Å²) in [6.45, 7) is 2.65. The lowest BCUT2D eigenvalue weighted by Gasteiger charge is -2.46. The molecule has 0 aliphatic carbocycles. The van der Waals surface area contributed by atoms with Crippen LogP contribution in [0.5, 0.6) is 0 Å². The van der Waals surface area contributed by atoms with Crippen molar-refractivity contribution in [3.8, 4) is 0 Å². The molecule has 2 aliphatic rings. The van der Waals surface area contributed by atoms with Crippen LogP contribution in [0.3, 0.4) is 0 Å². The molecular formula is C88H143NO13. The summed E-state index contributed by atoms with van der Waals surface area (Å²) in [5.41, 5.74) is 0. The summed E-state index contributed by atoms with van der Waals surface area (Å²) < 4.78 is 22.9. The molecule has 0 radical (unpaired) electrons. The molecule has 0 aromatic heterocycles. The molecule has 12 atom stereocenters. The van der Waals surface area contributed by atoms with Crippen molar-refractivity contribution in [3.63, 3.8) is 0 Å². The lowest BCUT2D eigenvalue weighted by molar-refractivity contribution is -0.359. The summed E-state index contributed by atoms with van der Waals surface area (Å²) in [5.74, 6) is -0.283. The Kier molecular flexibility index (Phi) is 63.2. The largest absolute Gasteiger partial charge is 0.394 e. The van der Waals surface area contributed by atoms with Crippen LogP contribution in [-0.2, 0) is 23.7 Å². The summed E-state index contributed by atoms with van der Waals surface area (Å²) in [6.07, 6.45) is 92.5. The van der Waals surface area contributed by atoms with Crippen molar-refractivity contribution < 1.29 is 64.6 Å². The van der Waals surface area contributed by atoms with E-state index in [2.05, 4.69) is 189 Å². The van der Waals surface area contributed by atoms with Crippen molar-refractivity contribution in [1.29, 1.82) is 0 Å². The molecule has 2 heterocycles. The number of aliphatic hydroxyl groups is 8. The molecule has 0 spiro atoms. The lowest BCUT2D eigenvalue weighted by atomic mass is 9.97. The van der Waals surface area contributed by atoms with E-state index in [9.17, 15) is 45.6 Å². The van der Waals surface area contributed by atoms with Gasteiger partial charge in [-0.1, -0.05) is 312 Å². The predicted octanol–water partition coefficient (Wildman–Crippen LogP) is 18.5. The van der Waals surface area contributed by atoms with Crippen molar-refractivity contribution in [2.45, 2.75) is 344 Å². The third-order valence-corrected chi connectivity index (χ3v) is 18.1. The first-order chi connectivity index (χ1) is 50.1. The zero-order chi connectivity index (χ0) is 73.7. The molecule has 9 N–H and O–H groups in total. The van der Waals surface area contributed by atoms with Crippen LogP contribution in [0, 0.1) is 0 Å². The van der Waals surface area contributed by atoms with Gasteiger partial charge in [-0.2, -0.15) is 0 Å². The van der Waals surface area contributed by atoms with Crippen LogP contribution >= 0.6 is 0 Å². The highest BCUT2D eigenvalue weighted by molar-refractivity contribution is 5.76. The zero-order valence-corrected chi connectivity index (χ0v) is 63.3. The minimum Gasteiger partial charge on any atom is -0.394 e. The Labute approximate surface area is 619 Å². The van der Waals surface area contributed by atoms with Crippen molar-refractivity contribution in [2.75, 3.05) is 19.8 Å². The fourth-order valence-corrected chi connectivity index (χ4v) is 11.8. The van der Waals surface area contributed by atoms with Gasteiger partial charge in [0.2, 0.25) is 5.91 Å². The Balaban J connectivity index is 1.68. The van der Waals surface area contributed by atoms with Gasteiger partial charge in [0, 0.05) is 6.42 Å². The second-order valence-electron chi connectivity index (χ2n) is 27.1. The molecule has 2 aliphatic heterocycles. The number of unbranched alkanes of at least 4 members (excludes halogenated alkanes) is 23. The van der Waals surface area contributed by atoms with E-state index in [1.807, 2.05) is 6.08 Å². The SMILES string of the molecule is CC/C=C\C/C=C\C/C=C\C/C=C\C/C=C\C/C=C\C/C=C\C/C=C\C/C=C\C/C=C\C/C=C\C/C=C\CCCCCCC(=O)NC(COC1OC(CO)C(OC2OC(CO)C(O)C(O)C2O)C(O)C1O)C(O)/C=C/CC/C=C/CC/C=C/CCCCCCCCCCCCCCCCCCC. The number of nitrogens with one attached hydrogen (secondary N) is 1. The normalized spacial score (nSPS) is 22.7. The van der Waals surface area contributed by atoms with Gasteiger partial charge in [0.25, 0.3) is 0 Å². The number of ether oxygens (including phenoxy) is 4. The van der Waals surface area contributed by atoms with Crippen LogP contribution in [0.25, 0.3) is 0 Å². The predicted molar refractivity (Wildman–Crippen MR) is 423 cm³/mol. The topological polar surface area (TPSA) is 228 Å². The summed E-state index contributed by atoms with van der Waals surface area (Å²) in [4.78, 5) is 13.4. The van der Waals surface area contributed by atoms with Crippen LogP contribution in [0.4, 0.5) is 0 Å². The Morgan fingerprint density at radius 2 is 0.686 bits per heavy atom. The van der Waals surface area contributed by atoms with Crippen LogP contribution in [0.15, 0.2) is 182 Å². The molecule has 0 aromatic rings. The molecule has 14 nitrogen and oxygen atoms in total. The number of carbonyl (C=O) groups excluding carboxylic acids is 1. The van der Waals surface area contributed by atoms with E-state index in [1.54, 1.807) is 6.08 Å². The van der Waals surface area contributed by atoms with E-state index < -0.39 is 86.8 Å². The van der Waals surface area contributed by atoms with Crippen LogP contribution in [0.1, 0.15) is 271 Å². The third kappa shape index (κ3) is 51.3. The number of hydrogen-bond donors (Lipinski definition) is 9. The molecule has 102 heavy (non-hydrogen) atoms. The number of amides is 1. The second kappa shape index (κ2) is 69.2. The molecule has 0 bridgehead atoms. The summed E-state index contributed by atoms with van der Waals surface area (Å²) in [6, 6.07) is -0.968. The lowest BCUT2D eigenvalue weighted by Crippen LogP contribution is -2.65. The van der Waals surface area contributed by atoms with Gasteiger partial charge < -0.3 is 65.1 Å². The van der Waals surface area contributed by atoms with Gasteiger partial charge in [-0.05, 0) is 135 Å². The average molecular weight is 1420 g/mol. The number of aliphatic hydroxyl groups excluding tert-OH is 8. The first kappa shape index (κ1) is 93.2. The van der Waals surface area contributed by atoms with Gasteiger partial charge in [-0.25, -0.2) is 0 Å². The molecule has 2 rings (SSSR count). The first-order valence-corrected chi connectivity index (χ1v) is 40.0. The molecule has 578 valence electrons. The number of carbonyl (C=O) groups is 1. The van der Waals surface area contributed by atoms with E-state index in [0.717, 1.165) is 128 Å². The standard InChI is InChI=1S/C88H143NO13/c1-3-5-7-9-11-13-15-17-19-21-23-25-27-29-31-32-33-34-35-36-37-38-39-40-41-42-43-44-46-48-50-52-54-56-58-60-62-64-66-68-70-72-80(93)89-76(75-99-87-85(98)83(96)86(79(74-91)101-87)102-88-84(97)82(95)81(94)78(73-90)100-88)77(92)71-69-67-65-63-61-59-57-55-53-51-49-47-45-30-28-26-24-22-20-18-16-14-12-10-8-6-4-2/h5,7,11,13,17,19,23,25,29,31,33-34,36-37,39-40,42-43,46,48,52-55,58,60-61,63,69,71,76-79,81-88,90-92,94-98H,3-4,6,8-10,12,14-16,18,20-22,24,26-28,30,32,35,38,41,44-45,47,49-51,56-57,59,62,64-68,70,72-75H2,1-2H3,(H,89,93)/b7-5-,13-11-,19-17-,25-23-,31-29-,34-33-,37-36-,40-39-,43-42-,48-46-,54-52-,55-53+,60-58-,63-61+,71-69+. The maximum absolute atomic E-state index is 13.4. The van der Waals surface area contributed by atoms with E-state index in [1.165, 1.54) is 109 Å². The second-order valence-corrected chi connectivity index (χ2v) is 27.1. The Morgan fingerprint density at radius 1 is 0.363 bits per heavy atom. The maximum atomic E-state index is 13.4. The molecule has 2 saturated heterocycles. The minimum absolute atomic E-state index is 0.228. The number of hydrogen-bond acceptors (Lipinski definition) is 13. The fraction of sp³-hybridized carbons (Fsp3) is 0.648. The molecular weight excluding hydrogens is 1280 g/mol. The van der Waals surface area contributed by atoms with Crippen molar-refractivity contribution in [3.05, 3.63) is 182 Å². The molecule has 14 heteroatoms. The highest BCUT2D eigenvalue weighted by Gasteiger charge is 2.51. The van der Waals surface area contributed by atoms with Gasteiger partial charge in [-0.3, -0.25) is 4.79 Å². The Hall–Kier alpha value is -4.91. The highest BCUT2D eigenvalue weighted by atomic mass is 16.7. The van der Waals surface area contributed by atoms with Crippen LogP contribution in [-0.4, -0.2) is 140 Å². The summed E-state index contributed by atoms with van der Waals surface area (Å²) >= 11 is 0. The Morgan fingerprint density at radius 3 is 1.08 bits per heavy atom. The van der Waals surface area contributed by atoms with E-state index in [0.29, 0.717) is 12.8 Å². The van der Waals surface area contributed by atoms with E-state index in [4.69, 9.17) is 18.9 Å². The molecule has 0 aromatic carbocycles. The maximum Gasteiger partial charge on any atom is 0.220 e. The molecule has 1 amide bonds. The van der Waals surface area contributed by atoms with Crippen molar-refractivity contribution in [2.24, 2.45) is 0 Å².